The van der Waals surface area contributed by atoms with Gasteiger partial charge in [-0.2, -0.15) is 0 Å². The number of nitrogens with one attached hydrogen (secondary N) is 2. The van der Waals surface area contributed by atoms with E-state index in [1.165, 1.54) is 5.56 Å². The Morgan fingerprint density at radius 2 is 2.04 bits per heavy atom. The van der Waals surface area contributed by atoms with Crippen molar-refractivity contribution >= 4 is 5.96 Å². The number of hydrogen-bond donors (Lipinski definition) is 2. The summed E-state index contributed by atoms with van der Waals surface area (Å²) in [5.41, 5.74) is 2.27. The maximum Gasteiger partial charge on any atom is 0.191 e. The molecule has 0 amide bonds. The Kier molecular flexibility index (Phi) is 9.92. The number of rotatable bonds is 10. The molecule has 0 aliphatic heterocycles. The number of nitrogens with zero attached hydrogens (tertiary/aromatic N) is 1. The van der Waals surface area contributed by atoms with Crippen LogP contribution in [-0.2, 0) is 11.3 Å². The van der Waals surface area contributed by atoms with Gasteiger partial charge in [0, 0.05) is 31.9 Å². The lowest BCUT2D eigenvalue weighted by atomic mass is 10.1. The van der Waals surface area contributed by atoms with E-state index in [2.05, 4.69) is 55.5 Å². The van der Waals surface area contributed by atoms with Gasteiger partial charge in [-0.3, -0.25) is 0 Å². The molecule has 0 saturated carbocycles. The minimum absolute atomic E-state index is 0.585. The number of aryl methyl sites for hydroxylation is 1. The molecule has 0 saturated heterocycles. The third-order valence-corrected chi connectivity index (χ3v) is 3.40. The van der Waals surface area contributed by atoms with Crippen molar-refractivity contribution in [3.63, 3.8) is 0 Å². The zero-order valence-corrected chi connectivity index (χ0v) is 15.8. The van der Waals surface area contributed by atoms with Crippen LogP contribution in [0.4, 0.5) is 0 Å². The summed E-state index contributed by atoms with van der Waals surface area (Å²) in [6.07, 6.45) is 0.963. The van der Waals surface area contributed by atoms with Crippen LogP contribution in [0.5, 0.6) is 5.75 Å². The van der Waals surface area contributed by atoms with Crippen LogP contribution in [0, 0.1) is 12.8 Å². The Hall–Kier alpha value is -1.75. The Morgan fingerprint density at radius 1 is 1.25 bits per heavy atom. The van der Waals surface area contributed by atoms with E-state index in [0.717, 1.165) is 50.0 Å². The highest BCUT2D eigenvalue weighted by Gasteiger charge is 2.04. The number of guanidine groups is 1. The maximum absolute atomic E-state index is 5.59. The summed E-state index contributed by atoms with van der Waals surface area (Å²) in [4.78, 5) is 4.64. The lowest BCUT2D eigenvalue weighted by Crippen LogP contribution is -2.38. The third kappa shape index (κ3) is 8.20. The highest BCUT2D eigenvalue weighted by molar-refractivity contribution is 5.79. The second kappa shape index (κ2) is 11.7. The minimum Gasteiger partial charge on any atom is -0.496 e. The fourth-order valence-corrected chi connectivity index (χ4v) is 2.19. The summed E-state index contributed by atoms with van der Waals surface area (Å²) in [6, 6.07) is 6.19. The SMILES string of the molecule is CCNC(=NCc1ccc(C)cc1OC)NCCCOCC(C)C. The van der Waals surface area contributed by atoms with E-state index >= 15 is 0 Å². The van der Waals surface area contributed by atoms with E-state index in [-0.39, 0.29) is 0 Å². The lowest BCUT2D eigenvalue weighted by Gasteiger charge is -2.13. The average molecular weight is 335 g/mol. The predicted molar refractivity (Wildman–Crippen MR) is 101 cm³/mol. The Balaban J connectivity index is 2.47. The summed E-state index contributed by atoms with van der Waals surface area (Å²) >= 11 is 0. The van der Waals surface area contributed by atoms with Crippen LogP contribution < -0.4 is 15.4 Å². The molecular weight excluding hydrogens is 302 g/mol. The molecule has 0 bridgehead atoms. The second-order valence-corrected chi connectivity index (χ2v) is 6.26. The monoisotopic (exact) mass is 335 g/mol. The molecule has 0 radical (unpaired) electrons. The van der Waals surface area contributed by atoms with Crippen LogP contribution in [0.2, 0.25) is 0 Å². The lowest BCUT2D eigenvalue weighted by molar-refractivity contribution is 0.108. The molecule has 136 valence electrons. The average Bonchev–Trinajstić information content (AvgIpc) is 2.56. The van der Waals surface area contributed by atoms with Gasteiger partial charge in [-0.1, -0.05) is 26.0 Å². The number of hydrogen-bond acceptors (Lipinski definition) is 3. The fraction of sp³-hybridized carbons (Fsp3) is 0.632. The highest BCUT2D eigenvalue weighted by Crippen LogP contribution is 2.20. The molecule has 0 aromatic heterocycles. The van der Waals surface area contributed by atoms with Crippen LogP contribution in [0.3, 0.4) is 0 Å². The first-order valence-corrected chi connectivity index (χ1v) is 8.80. The van der Waals surface area contributed by atoms with Crippen LogP contribution in [0.1, 0.15) is 38.3 Å². The molecule has 0 fully saturated rings. The molecule has 5 heteroatoms. The van der Waals surface area contributed by atoms with E-state index in [1.807, 2.05) is 6.07 Å². The zero-order valence-electron chi connectivity index (χ0n) is 15.8. The maximum atomic E-state index is 5.59. The molecule has 24 heavy (non-hydrogen) atoms. The van der Waals surface area contributed by atoms with Crippen molar-refractivity contribution in [2.24, 2.45) is 10.9 Å². The molecule has 0 unspecified atom stereocenters. The van der Waals surface area contributed by atoms with Crippen LogP contribution >= 0.6 is 0 Å². The molecule has 1 aromatic carbocycles. The van der Waals surface area contributed by atoms with Crippen LogP contribution in [-0.4, -0.2) is 39.4 Å². The van der Waals surface area contributed by atoms with Gasteiger partial charge in [-0.05, 0) is 37.8 Å². The van der Waals surface area contributed by atoms with Gasteiger partial charge in [0.1, 0.15) is 5.75 Å². The predicted octanol–water partition coefficient (Wildman–Crippen LogP) is 3.12. The van der Waals surface area contributed by atoms with Crippen molar-refractivity contribution in [1.82, 2.24) is 10.6 Å². The van der Waals surface area contributed by atoms with Crippen molar-refractivity contribution in [2.45, 2.75) is 40.7 Å². The molecule has 0 aliphatic carbocycles. The van der Waals surface area contributed by atoms with Gasteiger partial charge in [-0.25, -0.2) is 4.99 Å². The van der Waals surface area contributed by atoms with E-state index in [9.17, 15) is 0 Å². The minimum atomic E-state index is 0.585. The van der Waals surface area contributed by atoms with Crippen LogP contribution in [0.15, 0.2) is 23.2 Å². The second-order valence-electron chi connectivity index (χ2n) is 6.26. The Bertz CT molecular complexity index is 501. The Morgan fingerprint density at radius 3 is 2.71 bits per heavy atom. The molecule has 1 rings (SSSR count). The largest absolute Gasteiger partial charge is 0.496 e. The number of benzene rings is 1. The molecule has 2 N–H and O–H groups in total. The molecule has 1 aromatic rings. The summed E-state index contributed by atoms with van der Waals surface area (Å²) in [5, 5.41) is 6.61. The molecule has 5 nitrogen and oxygen atoms in total. The molecule has 0 heterocycles. The first-order valence-electron chi connectivity index (χ1n) is 8.80. The summed E-state index contributed by atoms with van der Waals surface area (Å²) in [5.74, 6) is 2.29. The third-order valence-electron chi connectivity index (χ3n) is 3.40. The van der Waals surface area contributed by atoms with Gasteiger partial charge in [0.05, 0.1) is 13.7 Å². The molecule has 0 spiro atoms. The Labute approximate surface area is 146 Å². The number of methoxy groups -OCH3 is 1. The van der Waals surface area contributed by atoms with Crippen molar-refractivity contribution in [1.29, 1.82) is 0 Å². The van der Waals surface area contributed by atoms with Gasteiger partial charge >= 0.3 is 0 Å². The van der Waals surface area contributed by atoms with Gasteiger partial charge < -0.3 is 20.1 Å². The standard InChI is InChI=1S/C19H33N3O2/c1-6-20-19(21-10-7-11-24-14-15(2)3)22-13-17-9-8-16(4)12-18(17)23-5/h8-9,12,15H,6-7,10-11,13-14H2,1-5H3,(H2,20,21,22). The van der Waals surface area contributed by atoms with Gasteiger partial charge in [-0.15, -0.1) is 0 Å². The van der Waals surface area contributed by atoms with Gasteiger partial charge in [0.25, 0.3) is 0 Å². The van der Waals surface area contributed by atoms with E-state index in [4.69, 9.17) is 9.47 Å². The summed E-state index contributed by atoms with van der Waals surface area (Å²) in [6.45, 7) is 12.3. The summed E-state index contributed by atoms with van der Waals surface area (Å²) < 4.78 is 11.0. The smallest absolute Gasteiger partial charge is 0.191 e. The first kappa shape index (κ1) is 20.3. The molecule has 0 aliphatic rings. The van der Waals surface area contributed by atoms with Crippen molar-refractivity contribution in [2.75, 3.05) is 33.4 Å². The van der Waals surface area contributed by atoms with Gasteiger partial charge in [0.2, 0.25) is 0 Å². The highest BCUT2D eigenvalue weighted by atomic mass is 16.5. The normalized spacial score (nSPS) is 11.7. The van der Waals surface area contributed by atoms with Crippen LogP contribution in [0.25, 0.3) is 0 Å². The quantitative estimate of drug-likeness (QED) is 0.392. The van der Waals surface area contributed by atoms with Crippen molar-refractivity contribution in [3.05, 3.63) is 29.3 Å². The van der Waals surface area contributed by atoms with E-state index in [0.29, 0.717) is 12.5 Å². The van der Waals surface area contributed by atoms with Crippen molar-refractivity contribution < 1.29 is 9.47 Å². The van der Waals surface area contributed by atoms with Gasteiger partial charge in [0.15, 0.2) is 5.96 Å². The molecular formula is C19H33N3O2. The van der Waals surface area contributed by atoms with E-state index < -0.39 is 0 Å². The van der Waals surface area contributed by atoms with Crippen molar-refractivity contribution in [3.8, 4) is 5.75 Å². The zero-order chi connectivity index (χ0) is 17.8. The first-order chi connectivity index (χ1) is 11.6. The fourth-order valence-electron chi connectivity index (χ4n) is 2.19. The number of ether oxygens (including phenoxy) is 2. The topological polar surface area (TPSA) is 54.9 Å². The summed E-state index contributed by atoms with van der Waals surface area (Å²) in [7, 11) is 1.70. The molecule has 0 atom stereocenters. The van der Waals surface area contributed by atoms with E-state index in [1.54, 1.807) is 7.11 Å². The number of aliphatic imine (C=N–C) groups is 1.